The third kappa shape index (κ3) is 2.45. The standard InChI is InChI=1S/C11H17N3O/c1-9-5-11(13-12-6-9)14-4-2-3-10(7-14)8-15/h5-6,10,15H,2-4,7-8H2,1H3. The van der Waals surface area contributed by atoms with E-state index in [0.717, 1.165) is 37.3 Å². The van der Waals surface area contributed by atoms with Crippen molar-refractivity contribution in [3.8, 4) is 0 Å². The van der Waals surface area contributed by atoms with Crippen molar-refractivity contribution >= 4 is 5.82 Å². The molecule has 1 aromatic rings. The van der Waals surface area contributed by atoms with Crippen LogP contribution in [0.15, 0.2) is 12.3 Å². The van der Waals surface area contributed by atoms with Crippen LogP contribution in [0.4, 0.5) is 5.82 Å². The first-order valence-corrected chi connectivity index (χ1v) is 5.44. The van der Waals surface area contributed by atoms with E-state index in [4.69, 9.17) is 5.11 Å². The summed E-state index contributed by atoms with van der Waals surface area (Å²) in [5.74, 6) is 1.33. The molecule has 0 saturated carbocycles. The van der Waals surface area contributed by atoms with E-state index >= 15 is 0 Å². The molecular weight excluding hydrogens is 190 g/mol. The van der Waals surface area contributed by atoms with E-state index in [2.05, 4.69) is 15.1 Å². The zero-order valence-electron chi connectivity index (χ0n) is 9.06. The van der Waals surface area contributed by atoms with E-state index < -0.39 is 0 Å². The molecule has 0 amide bonds. The topological polar surface area (TPSA) is 49.2 Å². The highest BCUT2D eigenvalue weighted by atomic mass is 16.3. The summed E-state index contributed by atoms with van der Waals surface area (Å²) < 4.78 is 0. The number of piperidine rings is 1. The molecule has 1 atom stereocenters. The normalized spacial score (nSPS) is 21.7. The third-order valence-electron chi connectivity index (χ3n) is 2.88. The second-order valence-electron chi connectivity index (χ2n) is 4.23. The molecule has 0 radical (unpaired) electrons. The Morgan fingerprint density at radius 1 is 1.60 bits per heavy atom. The lowest BCUT2D eigenvalue weighted by atomic mass is 9.99. The van der Waals surface area contributed by atoms with Crippen LogP contribution < -0.4 is 4.90 Å². The first-order chi connectivity index (χ1) is 7.29. The van der Waals surface area contributed by atoms with Crippen LogP contribution in [0.2, 0.25) is 0 Å². The second-order valence-corrected chi connectivity index (χ2v) is 4.23. The van der Waals surface area contributed by atoms with Gasteiger partial charge in [-0.1, -0.05) is 0 Å². The predicted octanol–water partition coefficient (Wildman–Crippen LogP) is 0.994. The van der Waals surface area contributed by atoms with Crippen molar-refractivity contribution in [3.05, 3.63) is 17.8 Å². The molecule has 1 fully saturated rings. The highest BCUT2D eigenvalue weighted by Crippen LogP contribution is 2.20. The smallest absolute Gasteiger partial charge is 0.151 e. The van der Waals surface area contributed by atoms with Gasteiger partial charge in [0, 0.05) is 19.7 Å². The number of aliphatic hydroxyl groups excluding tert-OH is 1. The summed E-state index contributed by atoms with van der Waals surface area (Å²) in [5, 5.41) is 17.2. The molecule has 4 nitrogen and oxygen atoms in total. The van der Waals surface area contributed by atoms with Crippen molar-refractivity contribution in [1.29, 1.82) is 0 Å². The maximum atomic E-state index is 9.15. The summed E-state index contributed by atoms with van der Waals surface area (Å²) in [6, 6.07) is 2.05. The molecule has 1 saturated heterocycles. The SMILES string of the molecule is Cc1cnnc(N2CCCC(CO)C2)c1. The van der Waals surface area contributed by atoms with Crippen LogP contribution in [0.3, 0.4) is 0 Å². The van der Waals surface area contributed by atoms with Crippen molar-refractivity contribution in [2.45, 2.75) is 19.8 Å². The summed E-state index contributed by atoms with van der Waals surface area (Å²) >= 11 is 0. The van der Waals surface area contributed by atoms with Gasteiger partial charge < -0.3 is 10.0 Å². The van der Waals surface area contributed by atoms with Crippen molar-refractivity contribution in [2.24, 2.45) is 5.92 Å². The van der Waals surface area contributed by atoms with E-state index in [-0.39, 0.29) is 6.61 Å². The Hall–Kier alpha value is -1.16. The molecule has 0 bridgehead atoms. The fourth-order valence-corrected chi connectivity index (χ4v) is 2.03. The minimum atomic E-state index is 0.274. The molecule has 2 heterocycles. The minimum Gasteiger partial charge on any atom is -0.396 e. The molecule has 2 rings (SSSR count). The average Bonchev–Trinajstić information content (AvgIpc) is 2.29. The highest BCUT2D eigenvalue weighted by Gasteiger charge is 2.20. The maximum absolute atomic E-state index is 9.15. The number of rotatable bonds is 2. The number of hydrogen-bond donors (Lipinski definition) is 1. The highest BCUT2D eigenvalue weighted by molar-refractivity contribution is 5.39. The van der Waals surface area contributed by atoms with Gasteiger partial charge in [0.05, 0.1) is 6.20 Å². The molecule has 0 aromatic carbocycles. The molecule has 4 heteroatoms. The first kappa shape index (κ1) is 10.4. The Kier molecular flexibility index (Phi) is 3.16. The molecule has 1 aliphatic rings. The van der Waals surface area contributed by atoms with Gasteiger partial charge in [-0.25, -0.2) is 0 Å². The van der Waals surface area contributed by atoms with Crippen molar-refractivity contribution in [1.82, 2.24) is 10.2 Å². The molecule has 1 N–H and O–H groups in total. The van der Waals surface area contributed by atoms with Crippen LogP contribution in [-0.4, -0.2) is 35.0 Å². The van der Waals surface area contributed by atoms with Crippen molar-refractivity contribution < 1.29 is 5.11 Å². The van der Waals surface area contributed by atoms with Crippen LogP contribution in [-0.2, 0) is 0 Å². The van der Waals surface area contributed by atoms with Gasteiger partial charge in [0.2, 0.25) is 0 Å². The molecule has 15 heavy (non-hydrogen) atoms. The number of aryl methyl sites for hydroxylation is 1. The van der Waals surface area contributed by atoms with Crippen LogP contribution in [0.1, 0.15) is 18.4 Å². The van der Waals surface area contributed by atoms with Gasteiger partial charge in [0.25, 0.3) is 0 Å². The number of aliphatic hydroxyl groups is 1. The summed E-state index contributed by atoms with van der Waals surface area (Å²) in [6.45, 7) is 4.21. The lowest BCUT2D eigenvalue weighted by molar-refractivity contribution is 0.208. The summed E-state index contributed by atoms with van der Waals surface area (Å²) in [5.41, 5.74) is 1.13. The Bertz CT molecular complexity index is 329. The second kappa shape index (κ2) is 4.57. The van der Waals surface area contributed by atoms with Gasteiger partial charge in [0.1, 0.15) is 0 Å². The average molecular weight is 207 g/mol. The van der Waals surface area contributed by atoms with E-state index in [9.17, 15) is 0 Å². The molecule has 0 spiro atoms. The van der Waals surface area contributed by atoms with Gasteiger partial charge >= 0.3 is 0 Å². The van der Waals surface area contributed by atoms with E-state index in [0.29, 0.717) is 5.92 Å². The van der Waals surface area contributed by atoms with Crippen LogP contribution in [0, 0.1) is 12.8 Å². The molecule has 1 aliphatic heterocycles. The molecule has 82 valence electrons. The van der Waals surface area contributed by atoms with Crippen LogP contribution in [0.25, 0.3) is 0 Å². The zero-order valence-corrected chi connectivity index (χ0v) is 9.06. The van der Waals surface area contributed by atoms with E-state index in [1.54, 1.807) is 6.20 Å². The fourth-order valence-electron chi connectivity index (χ4n) is 2.03. The minimum absolute atomic E-state index is 0.274. The van der Waals surface area contributed by atoms with Crippen molar-refractivity contribution in [2.75, 3.05) is 24.6 Å². The number of aromatic nitrogens is 2. The fraction of sp³-hybridized carbons (Fsp3) is 0.636. The Morgan fingerprint density at radius 3 is 3.20 bits per heavy atom. The molecular formula is C11H17N3O. The first-order valence-electron chi connectivity index (χ1n) is 5.44. The lowest BCUT2D eigenvalue weighted by Gasteiger charge is -2.32. The Balaban J connectivity index is 2.09. The Labute approximate surface area is 89.9 Å². The predicted molar refractivity (Wildman–Crippen MR) is 58.8 cm³/mol. The third-order valence-corrected chi connectivity index (χ3v) is 2.88. The van der Waals surface area contributed by atoms with E-state index in [1.165, 1.54) is 0 Å². The van der Waals surface area contributed by atoms with Crippen molar-refractivity contribution in [3.63, 3.8) is 0 Å². The van der Waals surface area contributed by atoms with Gasteiger partial charge in [-0.3, -0.25) is 0 Å². The number of hydrogen-bond acceptors (Lipinski definition) is 4. The molecule has 1 unspecified atom stereocenters. The van der Waals surface area contributed by atoms with Gasteiger partial charge in [-0.05, 0) is 37.3 Å². The number of nitrogens with zero attached hydrogens (tertiary/aromatic N) is 3. The quantitative estimate of drug-likeness (QED) is 0.785. The largest absolute Gasteiger partial charge is 0.396 e. The molecule has 0 aliphatic carbocycles. The lowest BCUT2D eigenvalue weighted by Crippen LogP contribution is -2.37. The van der Waals surface area contributed by atoms with Gasteiger partial charge in [-0.15, -0.1) is 5.10 Å². The summed E-state index contributed by atoms with van der Waals surface area (Å²) in [7, 11) is 0. The van der Waals surface area contributed by atoms with Gasteiger partial charge in [-0.2, -0.15) is 5.10 Å². The zero-order chi connectivity index (χ0) is 10.7. The van der Waals surface area contributed by atoms with E-state index in [1.807, 2.05) is 13.0 Å². The summed E-state index contributed by atoms with van der Waals surface area (Å²) in [6.07, 6.45) is 4.00. The molecule has 1 aromatic heterocycles. The summed E-state index contributed by atoms with van der Waals surface area (Å²) in [4.78, 5) is 2.21. The Morgan fingerprint density at radius 2 is 2.47 bits per heavy atom. The number of anilines is 1. The van der Waals surface area contributed by atoms with Crippen LogP contribution >= 0.6 is 0 Å². The maximum Gasteiger partial charge on any atom is 0.151 e. The van der Waals surface area contributed by atoms with Crippen LogP contribution in [0.5, 0.6) is 0 Å². The monoisotopic (exact) mass is 207 g/mol. The van der Waals surface area contributed by atoms with Gasteiger partial charge in [0.15, 0.2) is 5.82 Å².